The smallest absolute Gasteiger partial charge is 0.00955 e. The number of rotatable bonds is 1. The zero-order valence-electron chi connectivity index (χ0n) is 9.10. The maximum absolute atomic E-state index is 3.44. The Morgan fingerprint density at radius 1 is 1.07 bits per heavy atom. The normalized spacial score (nSPS) is 33.4. The van der Waals surface area contributed by atoms with E-state index in [1.807, 2.05) is 0 Å². The molecule has 1 spiro atoms. The molecule has 3 aliphatic rings. The molecule has 2 heteroatoms. The molecular formula is C12H22N2. The van der Waals surface area contributed by atoms with E-state index < -0.39 is 0 Å². The van der Waals surface area contributed by atoms with E-state index in [-0.39, 0.29) is 0 Å². The first-order valence-corrected chi connectivity index (χ1v) is 6.33. The van der Waals surface area contributed by atoms with Crippen molar-refractivity contribution in [2.24, 2.45) is 5.41 Å². The molecule has 0 unspecified atom stereocenters. The zero-order chi connectivity index (χ0) is 9.43. The first-order valence-electron chi connectivity index (χ1n) is 6.33. The topological polar surface area (TPSA) is 15.3 Å². The number of likely N-dealkylation sites (tertiary alicyclic amines) is 1. The molecule has 2 nitrogen and oxygen atoms in total. The third-order valence-electron chi connectivity index (χ3n) is 4.56. The summed E-state index contributed by atoms with van der Waals surface area (Å²) in [5, 5.41) is 3.44. The first kappa shape index (κ1) is 9.17. The molecule has 1 N–H and O–H groups in total. The van der Waals surface area contributed by atoms with E-state index in [0.717, 1.165) is 6.04 Å². The lowest BCUT2D eigenvalue weighted by Gasteiger charge is -2.40. The predicted octanol–water partition coefficient (Wildman–Crippen LogP) is 1.61. The fourth-order valence-corrected chi connectivity index (χ4v) is 3.49. The summed E-state index contributed by atoms with van der Waals surface area (Å²) in [5.74, 6) is 0. The molecule has 0 amide bonds. The average molecular weight is 194 g/mol. The van der Waals surface area contributed by atoms with Crippen molar-refractivity contribution in [3.63, 3.8) is 0 Å². The molecule has 0 atom stereocenters. The van der Waals surface area contributed by atoms with Gasteiger partial charge in [-0.25, -0.2) is 0 Å². The van der Waals surface area contributed by atoms with Crippen LogP contribution >= 0.6 is 0 Å². The monoisotopic (exact) mass is 194 g/mol. The van der Waals surface area contributed by atoms with Crippen LogP contribution in [0, 0.1) is 5.41 Å². The molecule has 0 aromatic rings. The van der Waals surface area contributed by atoms with Gasteiger partial charge in [-0.2, -0.15) is 0 Å². The van der Waals surface area contributed by atoms with Gasteiger partial charge < -0.3 is 5.32 Å². The van der Waals surface area contributed by atoms with Gasteiger partial charge in [0.05, 0.1) is 0 Å². The molecule has 1 saturated carbocycles. The largest absolute Gasteiger partial charge is 0.315 e. The van der Waals surface area contributed by atoms with Crippen LogP contribution in [-0.2, 0) is 0 Å². The summed E-state index contributed by atoms with van der Waals surface area (Å²) in [6.45, 7) is 5.35. The third-order valence-corrected chi connectivity index (χ3v) is 4.56. The summed E-state index contributed by atoms with van der Waals surface area (Å²) < 4.78 is 0. The second-order valence-corrected chi connectivity index (χ2v) is 5.62. The molecule has 80 valence electrons. The van der Waals surface area contributed by atoms with E-state index in [4.69, 9.17) is 0 Å². The van der Waals surface area contributed by atoms with E-state index in [1.54, 1.807) is 0 Å². The molecule has 3 fully saturated rings. The molecule has 0 aromatic heterocycles. The highest BCUT2D eigenvalue weighted by atomic mass is 15.2. The standard InChI is InChI=1S/C12H22N2/c1-2-4-11(5-3-1)14-7-6-12(10-14)8-13-9-12/h11,13H,1-10H2. The summed E-state index contributed by atoms with van der Waals surface area (Å²) >= 11 is 0. The van der Waals surface area contributed by atoms with Gasteiger partial charge in [0, 0.05) is 31.1 Å². The molecular weight excluding hydrogens is 172 g/mol. The van der Waals surface area contributed by atoms with Gasteiger partial charge in [-0.1, -0.05) is 19.3 Å². The van der Waals surface area contributed by atoms with Crippen molar-refractivity contribution < 1.29 is 0 Å². The van der Waals surface area contributed by atoms with E-state index in [9.17, 15) is 0 Å². The van der Waals surface area contributed by atoms with Gasteiger partial charge in [0.2, 0.25) is 0 Å². The van der Waals surface area contributed by atoms with E-state index >= 15 is 0 Å². The molecule has 2 aliphatic heterocycles. The van der Waals surface area contributed by atoms with Crippen molar-refractivity contribution in [2.75, 3.05) is 26.2 Å². The minimum absolute atomic E-state index is 0.706. The Kier molecular flexibility index (Phi) is 2.29. The van der Waals surface area contributed by atoms with Crippen LogP contribution in [-0.4, -0.2) is 37.1 Å². The van der Waals surface area contributed by atoms with Gasteiger partial charge in [0.1, 0.15) is 0 Å². The van der Waals surface area contributed by atoms with Crippen molar-refractivity contribution in [2.45, 2.75) is 44.6 Å². The second-order valence-electron chi connectivity index (χ2n) is 5.62. The van der Waals surface area contributed by atoms with Crippen molar-refractivity contribution in [1.82, 2.24) is 10.2 Å². The SMILES string of the molecule is C1CCC(N2CCC3(CNC3)C2)CC1. The maximum Gasteiger partial charge on any atom is 0.00955 e. The summed E-state index contributed by atoms with van der Waals surface area (Å²) in [6.07, 6.45) is 8.85. The summed E-state index contributed by atoms with van der Waals surface area (Å²) in [6, 6.07) is 0.948. The zero-order valence-corrected chi connectivity index (χ0v) is 9.10. The van der Waals surface area contributed by atoms with Gasteiger partial charge >= 0.3 is 0 Å². The fraction of sp³-hybridized carbons (Fsp3) is 1.00. The molecule has 3 rings (SSSR count). The van der Waals surface area contributed by atoms with Crippen LogP contribution in [0.1, 0.15) is 38.5 Å². The minimum atomic E-state index is 0.706. The Labute approximate surface area is 87.0 Å². The number of nitrogens with one attached hydrogen (secondary N) is 1. The van der Waals surface area contributed by atoms with Crippen LogP contribution in [0.5, 0.6) is 0 Å². The fourth-order valence-electron chi connectivity index (χ4n) is 3.49. The molecule has 1 aliphatic carbocycles. The first-order chi connectivity index (χ1) is 6.88. The highest BCUT2D eigenvalue weighted by Gasteiger charge is 2.44. The maximum atomic E-state index is 3.44. The second kappa shape index (κ2) is 3.49. The Hall–Kier alpha value is -0.0800. The third kappa shape index (κ3) is 1.49. The van der Waals surface area contributed by atoms with Crippen LogP contribution in [0.4, 0.5) is 0 Å². The van der Waals surface area contributed by atoms with E-state index in [2.05, 4.69) is 10.2 Å². The minimum Gasteiger partial charge on any atom is -0.315 e. The molecule has 0 radical (unpaired) electrons. The van der Waals surface area contributed by atoms with Crippen LogP contribution in [0.3, 0.4) is 0 Å². The molecule has 14 heavy (non-hydrogen) atoms. The van der Waals surface area contributed by atoms with E-state index in [1.165, 1.54) is 64.7 Å². The molecule has 0 aromatic carbocycles. The van der Waals surface area contributed by atoms with Crippen molar-refractivity contribution >= 4 is 0 Å². The Bertz CT molecular complexity index is 204. The van der Waals surface area contributed by atoms with Gasteiger partial charge in [0.15, 0.2) is 0 Å². The number of nitrogens with zero attached hydrogens (tertiary/aromatic N) is 1. The van der Waals surface area contributed by atoms with Crippen molar-refractivity contribution in [3.8, 4) is 0 Å². The van der Waals surface area contributed by atoms with Crippen molar-refractivity contribution in [3.05, 3.63) is 0 Å². The Morgan fingerprint density at radius 3 is 2.43 bits per heavy atom. The number of hydrogen-bond donors (Lipinski definition) is 1. The number of hydrogen-bond acceptors (Lipinski definition) is 2. The van der Waals surface area contributed by atoms with Gasteiger partial charge in [-0.05, 0) is 25.8 Å². The van der Waals surface area contributed by atoms with E-state index in [0.29, 0.717) is 5.41 Å². The lowest BCUT2D eigenvalue weighted by Crippen LogP contribution is -2.55. The lowest BCUT2D eigenvalue weighted by molar-refractivity contribution is 0.131. The summed E-state index contributed by atoms with van der Waals surface area (Å²) in [4.78, 5) is 2.79. The molecule has 0 bridgehead atoms. The Balaban J connectivity index is 1.58. The predicted molar refractivity (Wildman–Crippen MR) is 58.4 cm³/mol. The molecule has 2 saturated heterocycles. The van der Waals surface area contributed by atoms with Crippen LogP contribution in [0.15, 0.2) is 0 Å². The lowest BCUT2D eigenvalue weighted by atomic mass is 9.81. The van der Waals surface area contributed by atoms with Crippen LogP contribution in [0.2, 0.25) is 0 Å². The average Bonchev–Trinajstić information content (AvgIpc) is 2.63. The van der Waals surface area contributed by atoms with Crippen LogP contribution in [0.25, 0.3) is 0 Å². The quantitative estimate of drug-likeness (QED) is 0.682. The molecule has 2 heterocycles. The Morgan fingerprint density at radius 2 is 1.86 bits per heavy atom. The summed E-state index contributed by atoms with van der Waals surface area (Å²) in [7, 11) is 0. The summed E-state index contributed by atoms with van der Waals surface area (Å²) in [5.41, 5.74) is 0.706. The highest BCUT2D eigenvalue weighted by molar-refractivity contribution is 5.00. The van der Waals surface area contributed by atoms with Crippen molar-refractivity contribution in [1.29, 1.82) is 0 Å². The van der Waals surface area contributed by atoms with Gasteiger partial charge in [-0.3, -0.25) is 4.90 Å². The highest BCUT2D eigenvalue weighted by Crippen LogP contribution is 2.37. The van der Waals surface area contributed by atoms with Gasteiger partial charge in [-0.15, -0.1) is 0 Å². The van der Waals surface area contributed by atoms with Gasteiger partial charge in [0.25, 0.3) is 0 Å². The van der Waals surface area contributed by atoms with Crippen LogP contribution < -0.4 is 5.32 Å².